The molecule has 1 saturated carbocycles. The second-order valence-corrected chi connectivity index (χ2v) is 6.66. The van der Waals surface area contributed by atoms with Gasteiger partial charge in [-0.05, 0) is 30.5 Å². The van der Waals surface area contributed by atoms with Crippen LogP contribution in [0.2, 0.25) is 0 Å². The van der Waals surface area contributed by atoms with Crippen LogP contribution in [0.5, 0.6) is 0 Å². The molecule has 1 heterocycles. The largest absolute Gasteiger partial charge is 0.433 e. The lowest BCUT2D eigenvalue weighted by Crippen LogP contribution is -2.40. The summed E-state index contributed by atoms with van der Waals surface area (Å²) >= 11 is 0. The number of carbonyl (C=O) groups is 3. The van der Waals surface area contributed by atoms with E-state index in [1.54, 1.807) is 6.08 Å². The second kappa shape index (κ2) is 7.92. The average molecular weight is 397 g/mol. The summed E-state index contributed by atoms with van der Waals surface area (Å²) in [4.78, 5) is 41.5. The van der Waals surface area contributed by atoms with Crippen molar-refractivity contribution in [3.05, 3.63) is 40.7 Å². The van der Waals surface area contributed by atoms with Gasteiger partial charge in [0.25, 0.3) is 0 Å². The van der Waals surface area contributed by atoms with Crippen LogP contribution in [0.4, 0.5) is 13.2 Å². The first-order valence-corrected chi connectivity index (χ1v) is 8.69. The van der Waals surface area contributed by atoms with E-state index in [2.05, 4.69) is 4.98 Å². The molecule has 150 valence electrons. The van der Waals surface area contributed by atoms with E-state index in [9.17, 15) is 27.6 Å². The Labute approximate surface area is 158 Å². The first-order chi connectivity index (χ1) is 13.2. The van der Waals surface area contributed by atoms with Gasteiger partial charge < -0.3 is 9.47 Å². The number of pyridine rings is 1. The molecule has 0 aromatic carbocycles. The number of nitrogens with zero attached hydrogens (tertiary/aromatic N) is 1. The van der Waals surface area contributed by atoms with Gasteiger partial charge in [-0.15, -0.1) is 0 Å². The lowest BCUT2D eigenvalue weighted by Gasteiger charge is -2.23. The number of allylic oxidation sites excluding steroid dienone is 2. The lowest BCUT2D eigenvalue weighted by atomic mass is 9.76. The molecule has 2 atom stereocenters. The van der Waals surface area contributed by atoms with Gasteiger partial charge in [0.15, 0.2) is 17.3 Å². The third-order valence-electron chi connectivity index (χ3n) is 4.84. The van der Waals surface area contributed by atoms with Crippen molar-refractivity contribution in [2.75, 3.05) is 20.3 Å². The number of aromatic nitrogens is 1. The molecule has 28 heavy (non-hydrogen) atoms. The van der Waals surface area contributed by atoms with E-state index >= 15 is 0 Å². The quantitative estimate of drug-likeness (QED) is 0.400. The Bertz CT molecular complexity index is 846. The van der Waals surface area contributed by atoms with Crippen molar-refractivity contribution in [3.8, 4) is 0 Å². The average Bonchev–Trinajstić information content (AvgIpc) is 3.10. The predicted octanol–water partition coefficient (Wildman–Crippen LogP) is 2.55. The maximum absolute atomic E-state index is 13.0. The first-order valence-electron chi connectivity index (χ1n) is 8.69. The lowest BCUT2D eigenvalue weighted by molar-refractivity contribution is -0.141. The van der Waals surface area contributed by atoms with Crippen LogP contribution in [0, 0.1) is 11.8 Å². The van der Waals surface area contributed by atoms with E-state index in [0.29, 0.717) is 24.5 Å². The molecule has 2 aliphatic carbocycles. The van der Waals surface area contributed by atoms with Crippen molar-refractivity contribution in [3.63, 3.8) is 0 Å². The summed E-state index contributed by atoms with van der Waals surface area (Å²) in [6.45, 7) is -0.0917. The Kier molecular flexibility index (Phi) is 5.76. The fraction of sp³-hybridized carbons (Fsp3) is 0.474. The molecule has 9 heteroatoms. The van der Waals surface area contributed by atoms with Crippen LogP contribution in [0.25, 0.3) is 0 Å². The molecule has 2 unspecified atom stereocenters. The summed E-state index contributed by atoms with van der Waals surface area (Å²) in [5.41, 5.74) is -1.22. The number of halogens is 3. The standard InChI is InChI=1S/C19H18F3NO5/c1-27-6-7-28-9-13-12(4-5-14(23-13)19(20,21)22)18(26)15-16(24)10-2-3-11(8-10)17(15)25/h2,4-5,11,15H,3,6-9H2,1H3. The minimum absolute atomic E-state index is 0.0817. The highest BCUT2D eigenvalue weighted by Gasteiger charge is 2.47. The van der Waals surface area contributed by atoms with E-state index in [1.165, 1.54) is 7.11 Å². The number of hydrogen-bond donors (Lipinski definition) is 0. The Morgan fingerprint density at radius 2 is 2.00 bits per heavy atom. The number of methoxy groups -OCH3 is 1. The van der Waals surface area contributed by atoms with E-state index in [1.807, 2.05) is 0 Å². The van der Waals surface area contributed by atoms with Gasteiger partial charge in [-0.25, -0.2) is 4.98 Å². The van der Waals surface area contributed by atoms with Crippen molar-refractivity contribution in [2.45, 2.75) is 25.6 Å². The van der Waals surface area contributed by atoms with E-state index in [0.717, 1.165) is 6.07 Å². The molecule has 1 fully saturated rings. The zero-order chi connectivity index (χ0) is 20.5. The van der Waals surface area contributed by atoms with Gasteiger partial charge in [-0.2, -0.15) is 13.2 Å². The predicted molar refractivity (Wildman–Crippen MR) is 89.4 cm³/mol. The Morgan fingerprint density at radius 1 is 1.25 bits per heavy atom. The fourth-order valence-corrected chi connectivity index (χ4v) is 3.39. The highest BCUT2D eigenvalue weighted by molar-refractivity contribution is 6.30. The van der Waals surface area contributed by atoms with Crippen molar-refractivity contribution < 1.29 is 37.0 Å². The first kappa shape index (κ1) is 20.3. The number of carbonyl (C=O) groups excluding carboxylic acids is 3. The van der Waals surface area contributed by atoms with Gasteiger partial charge in [0.1, 0.15) is 11.6 Å². The molecule has 1 aromatic heterocycles. The Hall–Kier alpha value is -2.39. The van der Waals surface area contributed by atoms with Crippen molar-refractivity contribution >= 4 is 17.3 Å². The number of rotatable bonds is 7. The van der Waals surface area contributed by atoms with Crippen molar-refractivity contribution in [1.82, 2.24) is 4.98 Å². The zero-order valence-corrected chi connectivity index (χ0v) is 15.0. The number of fused-ring (bicyclic) bond motifs is 2. The molecule has 2 bridgehead atoms. The van der Waals surface area contributed by atoms with Crippen LogP contribution < -0.4 is 0 Å². The summed E-state index contributed by atoms with van der Waals surface area (Å²) < 4.78 is 49.1. The van der Waals surface area contributed by atoms with Gasteiger partial charge in [0, 0.05) is 18.6 Å². The number of ketones is 3. The van der Waals surface area contributed by atoms with E-state index < -0.39 is 41.1 Å². The Balaban J connectivity index is 1.92. The van der Waals surface area contributed by atoms with Gasteiger partial charge >= 0.3 is 6.18 Å². The van der Waals surface area contributed by atoms with Crippen LogP contribution in [0.15, 0.2) is 23.8 Å². The minimum atomic E-state index is -4.71. The van der Waals surface area contributed by atoms with E-state index in [-0.39, 0.29) is 31.1 Å². The molecule has 3 rings (SSSR count). The normalized spacial score (nSPS) is 21.8. The van der Waals surface area contributed by atoms with Crippen molar-refractivity contribution in [2.24, 2.45) is 11.8 Å². The summed E-state index contributed by atoms with van der Waals surface area (Å²) in [5.74, 6) is -3.85. The molecular formula is C19H18F3NO5. The maximum atomic E-state index is 13.0. The summed E-state index contributed by atoms with van der Waals surface area (Å²) in [5, 5.41) is 0. The third-order valence-corrected chi connectivity index (χ3v) is 4.84. The van der Waals surface area contributed by atoms with Gasteiger partial charge in [0.2, 0.25) is 0 Å². The molecule has 0 saturated heterocycles. The summed E-state index contributed by atoms with van der Waals surface area (Å²) in [7, 11) is 1.43. The molecule has 2 aliphatic rings. The monoisotopic (exact) mass is 397 g/mol. The van der Waals surface area contributed by atoms with Gasteiger partial charge in [0.05, 0.1) is 25.5 Å². The van der Waals surface area contributed by atoms with Gasteiger partial charge in [-0.1, -0.05) is 6.08 Å². The maximum Gasteiger partial charge on any atom is 0.433 e. The Morgan fingerprint density at radius 3 is 2.68 bits per heavy atom. The van der Waals surface area contributed by atoms with Crippen LogP contribution in [-0.2, 0) is 31.8 Å². The molecule has 0 aliphatic heterocycles. The highest BCUT2D eigenvalue weighted by Crippen LogP contribution is 2.37. The van der Waals surface area contributed by atoms with Crippen LogP contribution in [0.3, 0.4) is 0 Å². The molecular weight excluding hydrogens is 379 g/mol. The summed E-state index contributed by atoms with van der Waals surface area (Å²) in [6, 6.07) is 1.62. The van der Waals surface area contributed by atoms with Crippen molar-refractivity contribution in [1.29, 1.82) is 0 Å². The minimum Gasteiger partial charge on any atom is -0.382 e. The van der Waals surface area contributed by atoms with Gasteiger partial charge in [-0.3, -0.25) is 14.4 Å². The summed E-state index contributed by atoms with van der Waals surface area (Å²) in [6.07, 6.45) is -2.33. The number of ether oxygens (including phenoxy) is 2. The molecule has 0 spiro atoms. The zero-order valence-electron chi connectivity index (χ0n) is 15.0. The second-order valence-electron chi connectivity index (χ2n) is 6.66. The topological polar surface area (TPSA) is 82.6 Å². The van der Waals surface area contributed by atoms with E-state index in [4.69, 9.17) is 9.47 Å². The number of hydrogen-bond acceptors (Lipinski definition) is 6. The molecule has 0 radical (unpaired) electrons. The molecule has 6 nitrogen and oxygen atoms in total. The third kappa shape index (κ3) is 3.90. The molecule has 0 N–H and O–H groups in total. The van der Waals surface area contributed by atoms with Crippen LogP contribution in [0.1, 0.15) is 34.6 Å². The van der Waals surface area contributed by atoms with Crippen LogP contribution >= 0.6 is 0 Å². The van der Waals surface area contributed by atoms with Crippen LogP contribution in [-0.4, -0.2) is 42.7 Å². The smallest absolute Gasteiger partial charge is 0.382 e. The molecule has 1 aromatic rings. The number of Topliss-reactive ketones (excluding diaryl/α,β-unsaturated/α-hetero) is 3. The molecule has 0 amide bonds. The fourth-order valence-electron chi connectivity index (χ4n) is 3.39. The SMILES string of the molecule is COCCOCc1nc(C(F)(F)F)ccc1C(=O)C1C(=O)C2=CCC(C2)C1=O. The number of alkyl halides is 3. The highest BCUT2D eigenvalue weighted by atomic mass is 19.4.